The zero-order valence-electron chi connectivity index (χ0n) is 20.2. The van der Waals surface area contributed by atoms with Crippen molar-refractivity contribution in [1.82, 2.24) is 5.32 Å². The van der Waals surface area contributed by atoms with E-state index in [-0.39, 0.29) is 5.91 Å². The molecule has 1 N–H and O–H groups in total. The molecule has 3 aromatic rings. The zero-order chi connectivity index (χ0) is 24.7. The van der Waals surface area contributed by atoms with Gasteiger partial charge in [0.05, 0.1) is 19.8 Å². The predicted octanol–water partition coefficient (Wildman–Crippen LogP) is 4.13. The largest absolute Gasteiger partial charge is 0.368 e. The molecule has 2 aliphatic rings. The number of amides is 1. The highest BCUT2D eigenvalue weighted by Gasteiger charge is 2.51. The molecule has 0 spiro atoms. The summed E-state index contributed by atoms with van der Waals surface area (Å²) in [6.45, 7) is 2.48. The third kappa shape index (κ3) is 6.00. The number of fused-ring (bicyclic) bond motifs is 1. The molecule has 0 radical (unpaired) electrons. The SMILES string of the molecule is CC(=O)N[C@@H]1[C@H](OCc2ccccc2)OC2COC(c3ccccc3)O[C@H]2[C@H]1OCc1ccccc1. The average Bonchev–Trinajstić information content (AvgIpc) is 2.92. The van der Waals surface area contributed by atoms with Gasteiger partial charge in [0.2, 0.25) is 5.91 Å². The maximum absolute atomic E-state index is 12.3. The summed E-state index contributed by atoms with van der Waals surface area (Å²) in [5.74, 6) is -0.199. The third-order valence-electron chi connectivity index (χ3n) is 6.32. The van der Waals surface area contributed by atoms with Gasteiger partial charge in [-0.15, -0.1) is 0 Å². The van der Waals surface area contributed by atoms with E-state index in [0.717, 1.165) is 16.7 Å². The summed E-state index contributed by atoms with van der Waals surface area (Å²) < 4.78 is 31.4. The molecule has 7 heteroatoms. The predicted molar refractivity (Wildman–Crippen MR) is 133 cm³/mol. The van der Waals surface area contributed by atoms with Gasteiger partial charge < -0.3 is 29.0 Å². The Morgan fingerprint density at radius 1 is 0.833 bits per heavy atom. The van der Waals surface area contributed by atoms with Gasteiger partial charge in [-0.05, 0) is 11.1 Å². The van der Waals surface area contributed by atoms with Gasteiger partial charge in [-0.25, -0.2) is 0 Å². The summed E-state index contributed by atoms with van der Waals surface area (Å²) in [6.07, 6.45) is -2.71. The lowest BCUT2D eigenvalue weighted by Crippen LogP contribution is -2.67. The highest BCUT2D eigenvalue weighted by molar-refractivity contribution is 5.73. The number of hydrogen-bond donors (Lipinski definition) is 1. The van der Waals surface area contributed by atoms with Crippen LogP contribution in [-0.2, 0) is 41.7 Å². The molecule has 2 unspecified atom stereocenters. The van der Waals surface area contributed by atoms with Crippen LogP contribution in [0.4, 0.5) is 0 Å². The molecule has 0 saturated carbocycles. The van der Waals surface area contributed by atoms with E-state index in [1.165, 1.54) is 6.92 Å². The smallest absolute Gasteiger partial charge is 0.217 e. The van der Waals surface area contributed by atoms with Crippen molar-refractivity contribution in [3.63, 3.8) is 0 Å². The zero-order valence-corrected chi connectivity index (χ0v) is 20.2. The van der Waals surface area contributed by atoms with Gasteiger partial charge in [-0.1, -0.05) is 91.0 Å². The molecule has 188 valence electrons. The summed E-state index contributed by atoms with van der Waals surface area (Å²) in [6, 6.07) is 29.0. The summed E-state index contributed by atoms with van der Waals surface area (Å²) in [7, 11) is 0. The van der Waals surface area contributed by atoms with Crippen molar-refractivity contribution in [3.05, 3.63) is 108 Å². The lowest BCUT2D eigenvalue weighted by atomic mass is 9.95. The Hall–Kier alpha value is -3.07. The molecular formula is C29H31NO6. The van der Waals surface area contributed by atoms with Gasteiger partial charge in [-0.2, -0.15) is 0 Å². The third-order valence-corrected chi connectivity index (χ3v) is 6.32. The van der Waals surface area contributed by atoms with Crippen molar-refractivity contribution in [1.29, 1.82) is 0 Å². The van der Waals surface area contributed by atoms with Crippen LogP contribution in [0, 0.1) is 0 Å². The number of nitrogens with one attached hydrogen (secondary N) is 1. The summed E-state index contributed by atoms with van der Waals surface area (Å²) in [4.78, 5) is 12.3. The Morgan fingerprint density at radius 2 is 1.42 bits per heavy atom. The second kappa shape index (κ2) is 11.8. The van der Waals surface area contributed by atoms with Crippen LogP contribution < -0.4 is 5.32 Å². The molecule has 7 nitrogen and oxygen atoms in total. The topological polar surface area (TPSA) is 75.3 Å². The number of carbonyl (C=O) groups is 1. The van der Waals surface area contributed by atoms with Crippen molar-refractivity contribution in [2.24, 2.45) is 0 Å². The molecule has 6 atom stereocenters. The highest BCUT2D eigenvalue weighted by Crippen LogP contribution is 2.36. The van der Waals surface area contributed by atoms with Crippen LogP contribution in [0.2, 0.25) is 0 Å². The molecule has 5 rings (SSSR count). The molecule has 0 aromatic heterocycles. The van der Waals surface area contributed by atoms with Crippen molar-refractivity contribution in [2.45, 2.75) is 57.1 Å². The Labute approximate surface area is 211 Å². The van der Waals surface area contributed by atoms with Gasteiger partial charge in [0.15, 0.2) is 12.6 Å². The molecule has 2 heterocycles. The molecule has 2 aliphatic heterocycles. The van der Waals surface area contributed by atoms with Gasteiger partial charge in [0.25, 0.3) is 0 Å². The monoisotopic (exact) mass is 489 g/mol. The van der Waals surface area contributed by atoms with Crippen molar-refractivity contribution in [2.75, 3.05) is 6.61 Å². The van der Waals surface area contributed by atoms with Crippen LogP contribution in [0.25, 0.3) is 0 Å². The Morgan fingerprint density at radius 3 is 2.03 bits per heavy atom. The maximum Gasteiger partial charge on any atom is 0.217 e. The van der Waals surface area contributed by atoms with Crippen molar-refractivity contribution >= 4 is 5.91 Å². The van der Waals surface area contributed by atoms with Crippen molar-refractivity contribution < 1.29 is 28.5 Å². The van der Waals surface area contributed by atoms with Gasteiger partial charge >= 0.3 is 0 Å². The highest BCUT2D eigenvalue weighted by atomic mass is 16.7. The van der Waals surface area contributed by atoms with Gasteiger partial charge in [-0.3, -0.25) is 4.79 Å². The first-order chi connectivity index (χ1) is 17.7. The molecule has 2 saturated heterocycles. The first-order valence-electron chi connectivity index (χ1n) is 12.2. The standard InChI is InChI=1S/C29H31NO6/c1-20(31)30-25-27(32-17-21-11-5-2-6-12-21)26-24(19-34-28(36-26)23-15-9-4-10-16-23)35-29(25)33-18-22-13-7-3-8-14-22/h2-16,24-29H,17-19H2,1H3,(H,30,31)/t24?,25-,26+,27-,28?,29+/m0/s1. The maximum atomic E-state index is 12.3. The summed E-state index contributed by atoms with van der Waals surface area (Å²) >= 11 is 0. The van der Waals surface area contributed by atoms with E-state index in [4.69, 9.17) is 23.7 Å². The van der Waals surface area contributed by atoms with Crippen LogP contribution in [0.3, 0.4) is 0 Å². The van der Waals surface area contributed by atoms with Crippen LogP contribution >= 0.6 is 0 Å². The second-order valence-electron chi connectivity index (χ2n) is 9.00. The van der Waals surface area contributed by atoms with Crippen molar-refractivity contribution in [3.8, 4) is 0 Å². The molecule has 2 fully saturated rings. The molecular weight excluding hydrogens is 458 g/mol. The Kier molecular flexibility index (Phi) is 8.05. The lowest BCUT2D eigenvalue weighted by Gasteiger charge is -2.49. The van der Waals surface area contributed by atoms with E-state index in [9.17, 15) is 4.79 Å². The quantitative estimate of drug-likeness (QED) is 0.513. The average molecular weight is 490 g/mol. The fourth-order valence-electron chi connectivity index (χ4n) is 4.60. The first-order valence-corrected chi connectivity index (χ1v) is 12.2. The Balaban J connectivity index is 1.40. The molecule has 36 heavy (non-hydrogen) atoms. The Bertz CT molecular complexity index is 1100. The van der Waals surface area contributed by atoms with E-state index in [1.54, 1.807) is 0 Å². The fraction of sp³-hybridized carbons (Fsp3) is 0.345. The number of carbonyl (C=O) groups excluding carboxylic acids is 1. The molecule has 0 aliphatic carbocycles. The van der Waals surface area contributed by atoms with Crippen LogP contribution in [-0.4, -0.2) is 43.2 Å². The summed E-state index contributed by atoms with van der Waals surface area (Å²) in [5, 5.41) is 3.01. The molecule has 1 amide bonds. The summed E-state index contributed by atoms with van der Waals surface area (Å²) in [5.41, 5.74) is 2.94. The number of rotatable bonds is 8. The minimum atomic E-state index is -0.739. The van der Waals surface area contributed by atoms with Crippen LogP contribution in [0.15, 0.2) is 91.0 Å². The molecule has 0 bridgehead atoms. The normalized spacial score (nSPS) is 27.7. The minimum absolute atomic E-state index is 0.199. The van der Waals surface area contributed by atoms with Crippen LogP contribution in [0.5, 0.6) is 0 Å². The van der Waals surface area contributed by atoms with Gasteiger partial charge in [0.1, 0.15) is 24.4 Å². The van der Waals surface area contributed by atoms with E-state index < -0.39 is 36.9 Å². The number of benzene rings is 3. The fourth-order valence-corrected chi connectivity index (χ4v) is 4.60. The molecule has 3 aromatic carbocycles. The van der Waals surface area contributed by atoms with E-state index in [0.29, 0.717) is 19.8 Å². The number of hydrogen-bond acceptors (Lipinski definition) is 6. The number of ether oxygens (including phenoxy) is 5. The van der Waals surface area contributed by atoms with E-state index in [1.807, 2.05) is 91.0 Å². The minimum Gasteiger partial charge on any atom is -0.368 e. The van der Waals surface area contributed by atoms with E-state index in [2.05, 4.69) is 5.32 Å². The first kappa shape index (κ1) is 24.6. The second-order valence-corrected chi connectivity index (χ2v) is 9.00. The lowest BCUT2D eigenvalue weighted by molar-refractivity contribution is -0.350. The van der Waals surface area contributed by atoms with E-state index >= 15 is 0 Å². The van der Waals surface area contributed by atoms with Gasteiger partial charge in [0, 0.05) is 12.5 Å². The van der Waals surface area contributed by atoms with Crippen LogP contribution in [0.1, 0.15) is 29.9 Å².